The number of carbonyl (C=O) groups excluding carboxylic acids is 1. The monoisotopic (exact) mass is 255 g/mol. The van der Waals surface area contributed by atoms with Crippen LogP contribution in [0.1, 0.15) is 48.0 Å². The molecule has 0 bridgehead atoms. The first kappa shape index (κ1) is 15.4. The van der Waals surface area contributed by atoms with Crippen LogP contribution >= 0.6 is 0 Å². The van der Waals surface area contributed by atoms with E-state index in [0.29, 0.717) is 0 Å². The van der Waals surface area contributed by atoms with Gasteiger partial charge in [0.15, 0.2) is 0 Å². The molecule has 2 unspecified atom stereocenters. The van der Waals surface area contributed by atoms with Gasteiger partial charge in [0.05, 0.1) is 6.04 Å². The summed E-state index contributed by atoms with van der Waals surface area (Å²) >= 11 is 0. The number of hydrogen-bond acceptors (Lipinski definition) is 3. The zero-order valence-electron chi connectivity index (χ0n) is 12.7. The number of hydrogen-bond donors (Lipinski definition) is 2. The molecule has 3 N–H and O–H groups in total. The van der Waals surface area contributed by atoms with Crippen LogP contribution in [0.25, 0.3) is 0 Å². The molecular weight excluding hydrogens is 226 g/mol. The van der Waals surface area contributed by atoms with Gasteiger partial charge < -0.3 is 11.1 Å². The summed E-state index contributed by atoms with van der Waals surface area (Å²) in [5.74, 6) is 0.105. The van der Waals surface area contributed by atoms with E-state index in [2.05, 4.69) is 24.1 Å². The Balaban J connectivity index is 2.63. The number of amides is 1. The molecule has 0 aromatic carbocycles. The van der Waals surface area contributed by atoms with Crippen LogP contribution in [0, 0.1) is 5.41 Å². The third-order valence-electron chi connectivity index (χ3n) is 3.77. The predicted molar refractivity (Wildman–Crippen MR) is 75.3 cm³/mol. The predicted octanol–water partition coefficient (Wildman–Crippen LogP) is 1.35. The molecule has 18 heavy (non-hydrogen) atoms. The van der Waals surface area contributed by atoms with Crippen molar-refractivity contribution in [3.8, 4) is 0 Å². The minimum atomic E-state index is -0.174. The fourth-order valence-electron chi connectivity index (χ4n) is 2.39. The largest absolute Gasteiger partial charge is 0.350 e. The average molecular weight is 255 g/mol. The SMILES string of the molecule is CC(C(=O)NC(C)(C)C)N1CCC(N)C(C)(C)C1. The van der Waals surface area contributed by atoms with E-state index in [4.69, 9.17) is 5.73 Å². The molecule has 1 amide bonds. The normalized spacial score (nSPS) is 26.7. The lowest BCUT2D eigenvalue weighted by Crippen LogP contribution is -2.58. The number of nitrogens with zero attached hydrogens (tertiary/aromatic N) is 1. The van der Waals surface area contributed by atoms with Gasteiger partial charge in [0.1, 0.15) is 0 Å². The van der Waals surface area contributed by atoms with Crippen molar-refractivity contribution in [3.63, 3.8) is 0 Å². The second-order valence-corrected chi connectivity index (χ2v) is 7.27. The number of carbonyl (C=O) groups is 1. The molecule has 0 saturated carbocycles. The van der Waals surface area contributed by atoms with Crippen molar-refractivity contribution in [2.24, 2.45) is 11.1 Å². The van der Waals surface area contributed by atoms with E-state index in [1.165, 1.54) is 0 Å². The first-order valence-corrected chi connectivity index (χ1v) is 6.84. The Labute approximate surface area is 111 Å². The smallest absolute Gasteiger partial charge is 0.237 e. The van der Waals surface area contributed by atoms with E-state index >= 15 is 0 Å². The van der Waals surface area contributed by atoms with E-state index in [0.717, 1.165) is 19.5 Å². The van der Waals surface area contributed by atoms with E-state index in [9.17, 15) is 4.79 Å². The van der Waals surface area contributed by atoms with Crippen molar-refractivity contribution in [1.82, 2.24) is 10.2 Å². The molecule has 1 rings (SSSR count). The van der Waals surface area contributed by atoms with Crippen LogP contribution in [0.4, 0.5) is 0 Å². The molecular formula is C14H29N3O. The lowest BCUT2D eigenvalue weighted by molar-refractivity contribution is -0.128. The summed E-state index contributed by atoms with van der Waals surface area (Å²) < 4.78 is 0. The summed E-state index contributed by atoms with van der Waals surface area (Å²) in [7, 11) is 0. The molecule has 4 heteroatoms. The van der Waals surface area contributed by atoms with Gasteiger partial charge in [-0.2, -0.15) is 0 Å². The average Bonchev–Trinajstić information content (AvgIpc) is 2.18. The van der Waals surface area contributed by atoms with Crippen LogP contribution in [-0.4, -0.2) is 41.5 Å². The standard InChI is InChI=1S/C14H29N3O/c1-10(12(18)16-13(2,3)4)17-8-7-11(15)14(5,6)9-17/h10-11H,7-9,15H2,1-6H3,(H,16,18). The summed E-state index contributed by atoms with van der Waals surface area (Å²) in [6.45, 7) is 14.1. The quantitative estimate of drug-likeness (QED) is 0.783. The van der Waals surface area contributed by atoms with E-state index in [-0.39, 0.29) is 28.9 Å². The maximum absolute atomic E-state index is 12.2. The van der Waals surface area contributed by atoms with Gasteiger partial charge in [0.25, 0.3) is 0 Å². The number of rotatable bonds is 2. The van der Waals surface area contributed by atoms with E-state index in [1.807, 2.05) is 27.7 Å². The Bertz CT molecular complexity index is 307. The minimum Gasteiger partial charge on any atom is -0.350 e. The Morgan fingerprint density at radius 2 is 2.00 bits per heavy atom. The Kier molecular flexibility index (Phi) is 4.44. The fourth-order valence-corrected chi connectivity index (χ4v) is 2.39. The molecule has 0 spiro atoms. The third kappa shape index (κ3) is 3.95. The van der Waals surface area contributed by atoms with Crippen molar-refractivity contribution in [3.05, 3.63) is 0 Å². The van der Waals surface area contributed by atoms with Gasteiger partial charge in [0, 0.05) is 24.7 Å². The van der Waals surface area contributed by atoms with Crippen molar-refractivity contribution in [2.45, 2.75) is 65.6 Å². The maximum Gasteiger partial charge on any atom is 0.237 e. The molecule has 1 heterocycles. The molecule has 0 aromatic rings. The first-order valence-electron chi connectivity index (χ1n) is 6.84. The van der Waals surface area contributed by atoms with E-state index in [1.54, 1.807) is 0 Å². The van der Waals surface area contributed by atoms with Gasteiger partial charge in [-0.1, -0.05) is 13.8 Å². The van der Waals surface area contributed by atoms with Crippen molar-refractivity contribution in [2.75, 3.05) is 13.1 Å². The Morgan fingerprint density at radius 1 is 1.44 bits per heavy atom. The molecule has 0 aliphatic carbocycles. The molecule has 1 fully saturated rings. The highest BCUT2D eigenvalue weighted by Crippen LogP contribution is 2.28. The molecule has 2 atom stereocenters. The maximum atomic E-state index is 12.2. The Hall–Kier alpha value is -0.610. The van der Waals surface area contributed by atoms with Crippen molar-refractivity contribution in [1.29, 1.82) is 0 Å². The first-order chi connectivity index (χ1) is 8.03. The number of likely N-dealkylation sites (tertiary alicyclic amines) is 1. The van der Waals surface area contributed by atoms with Gasteiger partial charge in [-0.3, -0.25) is 9.69 Å². The van der Waals surface area contributed by atoms with Gasteiger partial charge in [0.2, 0.25) is 5.91 Å². The summed E-state index contributed by atoms with van der Waals surface area (Å²) in [5, 5.41) is 3.04. The number of nitrogens with one attached hydrogen (secondary N) is 1. The molecule has 4 nitrogen and oxygen atoms in total. The minimum absolute atomic E-state index is 0.0779. The lowest BCUT2D eigenvalue weighted by atomic mass is 9.79. The van der Waals surface area contributed by atoms with Gasteiger partial charge in [-0.05, 0) is 39.5 Å². The second-order valence-electron chi connectivity index (χ2n) is 7.27. The molecule has 0 aromatic heterocycles. The van der Waals surface area contributed by atoms with Gasteiger partial charge >= 0.3 is 0 Å². The van der Waals surface area contributed by atoms with Crippen LogP contribution in [0.3, 0.4) is 0 Å². The lowest BCUT2D eigenvalue weighted by Gasteiger charge is -2.44. The van der Waals surface area contributed by atoms with Gasteiger partial charge in [-0.25, -0.2) is 0 Å². The molecule has 1 aliphatic heterocycles. The molecule has 1 aliphatic rings. The van der Waals surface area contributed by atoms with Crippen molar-refractivity contribution < 1.29 is 4.79 Å². The van der Waals surface area contributed by atoms with E-state index < -0.39 is 0 Å². The van der Waals surface area contributed by atoms with Crippen LogP contribution < -0.4 is 11.1 Å². The highest BCUT2D eigenvalue weighted by molar-refractivity contribution is 5.81. The van der Waals surface area contributed by atoms with Crippen LogP contribution in [0.2, 0.25) is 0 Å². The summed E-state index contributed by atoms with van der Waals surface area (Å²) in [6.07, 6.45) is 0.958. The third-order valence-corrected chi connectivity index (χ3v) is 3.77. The van der Waals surface area contributed by atoms with Gasteiger partial charge in [-0.15, -0.1) is 0 Å². The summed E-state index contributed by atoms with van der Waals surface area (Å²) in [4.78, 5) is 14.4. The zero-order valence-corrected chi connectivity index (χ0v) is 12.7. The number of nitrogens with two attached hydrogens (primary N) is 1. The summed E-state index contributed by atoms with van der Waals surface area (Å²) in [6, 6.07) is 0.141. The van der Waals surface area contributed by atoms with Crippen molar-refractivity contribution >= 4 is 5.91 Å². The summed E-state index contributed by atoms with van der Waals surface area (Å²) in [5.41, 5.74) is 6.03. The topological polar surface area (TPSA) is 58.4 Å². The highest BCUT2D eigenvalue weighted by atomic mass is 16.2. The molecule has 106 valence electrons. The van der Waals surface area contributed by atoms with Crippen LogP contribution in [0.15, 0.2) is 0 Å². The Morgan fingerprint density at radius 3 is 2.44 bits per heavy atom. The zero-order chi connectivity index (χ0) is 14.1. The van der Waals surface area contributed by atoms with Crippen LogP contribution in [0.5, 0.6) is 0 Å². The molecule has 1 saturated heterocycles. The highest BCUT2D eigenvalue weighted by Gasteiger charge is 2.37. The van der Waals surface area contributed by atoms with Crippen LogP contribution in [-0.2, 0) is 4.79 Å². The number of piperidine rings is 1. The molecule has 0 radical (unpaired) electrons. The fraction of sp³-hybridized carbons (Fsp3) is 0.929. The second kappa shape index (κ2) is 5.17.